The van der Waals surface area contributed by atoms with E-state index in [2.05, 4.69) is 6.92 Å². The van der Waals surface area contributed by atoms with Crippen LogP contribution >= 0.6 is 11.6 Å². The van der Waals surface area contributed by atoms with E-state index in [1.165, 1.54) is 16.4 Å². The van der Waals surface area contributed by atoms with E-state index in [4.69, 9.17) is 17.3 Å². The zero-order chi connectivity index (χ0) is 13.5. The second-order valence-corrected chi connectivity index (χ2v) is 7.24. The van der Waals surface area contributed by atoms with E-state index in [1.54, 1.807) is 6.07 Å². The van der Waals surface area contributed by atoms with Crippen LogP contribution in [0.1, 0.15) is 20.3 Å². The van der Waals surface area contributed by atoms with Crippen LogP contribution < -0.4 is 5.73 Å². The topological polar surface area (TPSA) is 63.4 Å². The molecule has 0 radical (unpaired) electrons. The quantitative estimate of drug-likeness (QED) is 0.850. The van der Waals surface area contributed by atoms with Gasteiger partial charge in [-0.3, -0.25) is 0 Å². The molecule has 4 nitrogen and oxygen atoms in total. The fourth-order valence-corrected chi connectivity index (χ4v) is 4.52. The number of rotatable bonds is 2. The van der Waals surface area contributed by atoms with Crippen LogP contribution in [0.2, 0.25) is 5.02 Å². The van der Waals surface area contributed by atoms with Gasteiger partial charge in [0, 0.05) is 17.6 Å². The Balaban J connectivity index is 2.42. The lowest BCUT2D eigenvalue weighted by atomic mass is 10.1. The van der Waals surface area contributed by atoms with E-state index in [1.807, 2.05) is 6.92 Å². The maximum Gasteiger partial charge on any atom is 0.245 e. The van der Waals surface area contributed by atoms with Gasteiger partial charge in [-0.15, -0.1) is 0 Å². The van der Waals surface area contributed by atoms with Crippen molar-refractivity contribution in [1.29, 1.82) is 0 Å². The first-order valence-corrected chi connectivity index (χ1v) is 7.71. The molecule has 1 heterocycles. The zero-order valence-electron chi connectivity index (χ0n) is 10.4. The summed E-state index contributed by atoms with van der Waals surface area (Å²) in [6, 6.07) is 4.51. The van der Waals surface area contributed by atoms with Crippen molar-refractivity contribution in [3.63, 3.8) is 0 Å². The minimum atomic E-state index is -3.52. The molecule has 100 valence electrons. The predicted molar refractivity (Wildman–Crippen MR) is 73.0 cm³/mol. The Kier molecular flexibility index (Phi) is 3.58. The number of hydrogen-bond donors (Lipinski definition) is 1. The SMILES string of the molecule is CC1CC(C)N(S(=O)(=O)c2ccc(Cl)cc2N)C1. The Bertz CT molecular complexity index is 559. The molecular formula is C12H17ClN2O2S. The highest BCUT2D eigenvalue weighted by Crippen LogP contribution is 2.32. The van der Waals surface area contributed by atoms with Gasteiger partial charge in [0.1, 0.15) is 4.90 Å². The van der Waals surface area contributed by atoms with Gasteiger partial charge in [0.05, 0.1) is 5.69 Å². The summed E-state index contributed by atoms with van der Waals surface area (Å²) in [5.74, 6) is 0.378. The minimum absolute atomic E-state index is 0.0140. The van der Waals surface area contributed by atoms with Crippen LogP contribution in [0.3, 0.4) is 0 Å². The van der Waals surface area contributed by atoms with Crippen LogP contribution in [0.4, 0.5) is 5.69 Å². The maximum absolute atomic E-state index is 12.5. The highest BCUT2D eigenvalue weighted by atomic mass is 35.5. The molecule has 2 rings (SSSR count). The molecule has 1 aromatic carbocycles. The van der Waals surface area contributed by atoms with Crippen molar-refractivity contribution in [2.24, 2.45) is 5.92 Å². The normalized spacial score (nSPS) is 25.5. The van der Waals surface area contributed by atoms with E-state index < -0.39 is 10.0 Å². The highest BCUT2D eigenvalue weighted by Gasteiger charge is 2.36. The number of hydrogen-bond acceptors (Lipinski definition) is 3. The Morgan fingerprint density at radius 1 is 1.39 bits per heavy atom. The van der Waals surface area contributed by atoms with Crippen LogP contribution in [-0.4, -0.2) is 25.3 Å². The first-order valence-electron chi connectivity index (χ1n) is 5.89. The van der Waals surface area contributed by atoms with Gasteiger partial charge in [-0.05, 0) is 37.5 Å². The van der Waals surface area contributed by atoms with E-state index in [-0.39, 0.29) is 16.6 Å². The maximum atomic E-state index is 12.5. The molecule has 0 spiro atoms. The van der Waals surface area contributed by atoms with E-state index >= 15 is 0 Å². The molecule has 1 aliphatic rings. The van der Waals surface area contributed by atoms with Crippen molar-refractivity contribution >= 4 is 27.3 Å². The lowest BCUT2D eigenvalue weighted by Crippen LogP contribution is -2.34. The smallest absolute Gasteiger partial charge is 0.245 e. The molecule has 0 aliphatic carbocycles. The van der Waals surface area contributed by atoms with Crippen LogP contribution in [0, 0.1) is 5.92 Å². The lowest BCUT2D eigenvalue weighted by molar-refractivity contribution is 0.406. The van der Waals surface area contributed by atoms with Crippen molar-refractivity contribution in [3.8, 4) is 0 Å². The molecule has 1 aromatic rings. The number of benzene rings is 1. The summed E-state index contributed by atoms with van der Waals surface area (Å²) in [7, 11) is -3.52. The van der Waals surface area contributed by atoms with Gasteiger partial charge in [-0.2, -0.15) is 4.31 Å². The summed E-state index contributed by atoms with van der Waals surface area (Å²) in [6.07, 6.45) is 0.882. The second kappa shape index (κ2) is 4.72. The lowest BCUT2D eigenvalue weighted by Gasteiger charge is -2.21. The second-order valence-electron chi connectivity index (χ2n) is 4.95. The summed E-state index contributed by atoms with van der Waals surface area (Å²) in [5.41, 5.74) is 5.97. The van der Waals surface area contributed by atoms with Gasteiger partial charge < -0.3 is 5.73 Å². The van der Waals surface area contributed by atoms with Gasteiger partial charge in [0.2, 0.25) is 10.0 Å². The van der Waals surface area contributed by atoms with Crippen molar-refractivity contribution in [2.45, 2.75) is 31.2 Å². The summed E-state index contributed by atoms with van der Waals surface area (Å²) < 4.78 is 26.6. The van der Waals surface area contributed by atoms with Crippen LogP contribution in [-0.2, 0) is 10.0 Å². The molecule has 2 atom stereocenters. The Hall–Kier alpha value is -0.780. The predicted octanol–water partition coefficient (Wildman–Crippen LogP) is 2.34. The van der Waals surface area contributed by atoms with Gasteiger partial charge in [0.25, 0.3) is 0 Å². The molecule has 0 bridgehead atoms. The molecular weight excluding hydrogens is 272 g/mol. The number of anilines is 1. The van der Waals surface area contributed by atoms with Crippen molar-refractivity contribution in [3.05, 3.63) is 23.2 Å². The largest absolute Gasteiger partial charge is 0.398 e. The van der Waals surface area contributed by atoms with Crippen LogP contribution in [0.25, 0.3) is 0 Å². The average Bonchev–Trinajstić information content (AvgIpc) is 2.57. The summed E-state index contributed by atoms with van der Waals surface area (Å²) in [4.78, 5) is 0.146. The molecule has 2 N–H and O–H groups in total. The van der Waals surface area contributed by atoms with Gasteiger partial charge >= 0.3 is 0 Å². The first-order chi connectivity index (χ1) is 8.32. The molecule has 1 fully saturated rings. The van der Waals surface area contributed by atoms with Crippen molar-refractivity contribution < 1.29 is 8.42 Å². The molecule has 0 amide bonds. The molecule has 1 aliphatic heterocycles. The third-order valence-corrected chi connectivity index (χ3v) is 5.57. The van der Waals surface area contributed by atoms with Crippen LogP contribution in [0.15, 0.2) is 23.1 Å². The first kappa shape index (κ1) is 13.6. The third kappa shape index (κ3) is 2.35. The summed E-state index contributed by atoms with van der Waals surface area (Å²) in [5, 5.41) is 0.439. The van der Waals surface area contributed by atoms with Gasteiger partial charge in [0.15, 0.2) is 0 Å². The Labute approximate surface area is 113 Å². The Morgan fingerprint density at radius 2 is 2.06 bits per heavy atom. The fraction of sp³-hybridized carbons (Fsp3) is 0.500. The average molecular weight is 289 g/mol. The highest BCUT2D eigenvalue weighted by molar-refractivity contribution is 7.89. The number of nitrogens with zero attached hydrogens (tertiary/aromatic N) is 1. The standard InChI is InChI=1S/C12H17ClN2O2S/c1-8-5-9(2)15(7-8)18(16,17)12-4-3-10(13)6-11(12)14/h3-4,6,8-9H,5,7,14H2,1-2H3. The van der Waals surface area contributed by atoms with Gasteiger partial charge in [-0.1, -0.05) is 18.5 Å². The third-order valence-electron chi connectivity index (χ3n) is 3.29. The minimum Gasteiger partial charge on any atom is -0.398 e. The van der Waals surface area contributed by atoms with Crippen molar-refractivity contribution in [2.75, 3.05) is 12.3 Å². The molecule has 18 heavy (non-hydrogen) atoms. The number of nitrogen functional groups attached to an aromatic ring is 1. The van der Waals surface area contributed by atoms with E-state index in [0.29, 0.717) is 17.5 Å². The summed E-state index contributed by atoms with van der Waals surface area (Å²) in [6.45, 7) is 4.52. The van der Waals surface area contributed by atoms with Gasteiger partial charge in [-0.25, -0.2) is 8.42 Å². The molecule has 6 heteroatoms. The number of nitrogens with two attached hydrogens (primary N) is 1. The van der Waals surface area contributed by atoms with E-state index in [9.17, 15) is 8.42 Å². The zero-order valence-corrected chi connectivity index (χ0v) is 12.0. The number of halogens is 1. The van der Waals surface area contributed by atoms with Crippen LogP contribution in [0.5, 0.6) is 0 Å². The fourth-order valence-electron chi connectivity index (χ4n) is 2.48. The van der Waals surface area contributed by atoms with E-state index in [0.717, 1.165) is 6.42 Å². The van der Waals surface area contributed by atoms with Crippen molar-refractivity contribution in [1.82, 2.24) is 4.31 Å². The molecule has 0 aromatic heterocycles. The Morgan fingerprint density at radius 3 is 2.56 bits per heavy atom. The number of sulfonamides is 1. The molecule has 2 unspecified atom stereocenters. The summed E-state index contributed by atoms with van der Waals surface area (Å²) >= 11 is 5.79. The molecule has 1 saturated heterocycles. The monoisotopic (exact) mass is 288 g/mol. The molecule has 0 saturated carbocycles.